The van der Waals surface area contributed by atoms with Crippen molar-refractivity contribution in [3.8, 4) is 0 Å². The van der Waals surface area contributed by atoms with E-state index in [9.17, 15) is 14.4 Å². The van der Waals surface area contributed by atoms with Crippen LogP contribution < -0.4 is 5.32 Å². The highest BCUT2D eigenvalue weighted by atomic mass is 16.2. The van der Waals surface area contributed by atoms with E-state index >= 15 is 0 Å². The fourth-order valence-corrected chi connectivity index (χ4v) is 1.15. The molecule has 0 bridgehead atoms. The molecule has 0 saturated heterocycles. The Morgan fingerprint density at radius 1 is 1.14 bits per heavy atom. The van der Waals surface area contributed by atoms with Gasteiger partial charge in [-0.15, -0.1) is 0 Å². The Kier molecular flexibility index (Phi) is 4.83. The fraction of sp³-hybridized carbons (Fsp3) is 0.667. The fourth-order valence-electron chi connectivity index (χ4n) is 1.15. The molecule has 1 unspecified atom stereocenters. The number of carbonyl (C=O) groups is 3. The average Bonchev–Trinajstić information content (AvgIpc) is 1.97. The molecule has 0 fully saturated rings. The second kappa shape index (κ2) is 5.36. The molecule has 0 saturated carbocycles. The first kappa shape index (κ1) is 12.6. The molecule has 3 amide bonds. The molecule has 14 heavy (non-hydrogen) atoms. The van der Waals surface area contributed by atoms with Gasteiger partial charge in [0, 0.05) is 33.4 Å². The van der Waals surface area contributed by atoms with Gasteiger partial charge in [0.25, 0.3) is 0 Å². The predicted octanol–water partition coefficient (Wildman–Crippen LogP) is -0.0940. The maximum absolute atomic E-state index is 11.0. The molecule has 0 aliphatic heterocycles. The van der Waals surface area contributed by atoms with E-state index < -0.39 is 0 Å². The summed E-state index contributed by atoms with van der Waals surface area (Å²) in [6.45, 7) is 5.98. The van der Waals surface area contributed by atoms with E-state index in [-0.39, 0.29) is 30.3 Å². The smallest absolute Gasteiger partial charge is 0.226 e. The zero-order chi connectivity index (χ0) is 11.3. The third-order valence-corrected chi connectivity index (χ3v) is 1.67. The minimum atomic E-state index is -0.310. The summed E-state index contributed by atoms with van der Waals surface area (Å²) in [5.41, 5.74) is 0. The van der Waals surface area contributed by atoms with E-state index in [4.69, 9.17) is 0 Å². The second-order valence-electron chi connectivity index (χ2n) is 3.25. The first-order valence-corrected chi connectivity index (χ1v) is 4.40. The molecule has 80 valence electrons. The maximum atomic E-state index is 11.0. The van der Waals surface area contributed by atoms with E-state index in [0.29, 0.717) is 0 Å². The van der Waals surface area contributed by atoms with Crippen LogP contribution in [0, 0.1) is 0 Å². The van der Waals surface area contributed by atoms with Crippen LogP contribution in [0.25, 0.3) is 0 Å². The number of nitrogens with zero attached hydrogens (tertiary/aromatic N) is 1. The third-order valence-electron chi connectivity index (χ3n) is 1.67. The lowest BCUT2D eigenvalue weighted by molar-refractivity contribution is -0.142. The highest BCUT2D eigenvalue weighted by Gasteiger charge is 2.16. The molecule has 0 aromatic rings. The first-order valence-electron chi connectivity index (χ1n) is 4.40. The number of hydrogen-bond donors (Lipinski definition) is 1. The zero-order valence-corrected chi connectivity index (χ0v) is 8.96. The van der Waals surface area contributed by atoms with Crippen molar-refractivity contribution in [1.29, 1.82) is 0 Å². The third kappa shape index (κ3) is 4.59. The molecule has 0 rings (SSSR count). The van der Waals surface area contributed by atoms with Gasteiger partial charge in [0.1, 0.15) is 0 Å². The quantitative estimate of drug-likeness (QED) is 0.692. The van der Waals surface area contributed by atoms with Gasteiger partial charge in [-0.2, -0.15) is 0 Å². The van der Waals surface area contributed by atoms with Gasteiger partial charge in [0.2, 0.25) is 17.7 Å². The SMILES string of the molecule is CC(=O)NC(C)CN(C(C)=O)C(C)=O. The van der Waals surface area contributed by atoms with Crippen molar-refractivity contribution in [3.05, 3.63) is 0 Å². The Morgan fingerprint density at radius 2 is 1.57 bits per heavy atom. The Morgan fingerprint density at radius 3 is 1.86 bits per heavy atom. The Bertz CT molecular complexity index is 236. The topological polar surface area (TPSA) is 66.5 Å². The summed E-state index contributed by atoms with van der Waals surface area (Å²) < 4.78 is 0. The van der Waals surface area contributed by atoms with E-state index in [0.717, 1.165) is 4.90 Å². The minimum absolute atomic E-state index is 0.176. The van der Waals surface area contributed by atoms with Crippen molar-refractivity contribution in [3.63, 3.8) is 0 Å². The summed E-state index contributed by atoms with van der Waals surface area (Å²) in [7, 11) is 0. The summed E-state index contributed by atoms with van der Waals surface area (Å²) in [5, 5.41) is 2.60. The molecule has 1 N–H and O–H groups in total. The standard InChI is InChI=1S/C9H16N2O3/c1-6(10-7(2)12)5-11(8(3)13)9(4)14/h6H,5H2,1-4H3,(H,10,12). The van der Waals surface area contributed by atoms with Gasteiger partial charge in [0.05, 0.1) is 0 Å². The summed E-state index contributed by atoms with van der Waals surface area (Å²) in [6, 6.07) is -0.222. The van der Waals surface area contributed by atoms with Crippen LogP contribution >= 0.6 is 0 Å². The molecule has 5 nitrogen and oxygen atoms in total. The molecule has 0 aromatic carbocycles. The van der Waals surface area contributed by atoms with Gasteiger partial charge in [-0.05, 0) is 6.92 Å². The van der Waals surface area contributed by atoms with Crippen LogP contribution in [0.5, 0.6) is 0 Å². The Labute approximate surface area is 83.5 Å². The van der Waals surface area contributed by atoms with Gasteiger partial charge < -0.3 is 5.32 Å². The molecule has 0 heterocycles. The van der Waals surface area contributed by atoms with Crippen molar-refractivity contribution < 1.29 is 14.4 Å². The van der Waals surface area contributed by atoms with Gasteiger partial charge in [-0.25, -0.2) is 0 Å². The highest BCUT2D eigenvalue weighted by Crippen LogP contribution is 1.94. The predicted molar refractivity (Wildman–Crippen MR) is 51.3 cm³/mol. The number of hydrogen-bond acceptors (Lipinski definition) is 3. The average molecular weight is 200 g/mol. The van der Waals surface area contributed by atoms with E-state index in [2.05, 4.69) is 5.32 Å². The molecular weight excluding hydrogens is 184 g/mol. The molecule has 1 atom stereocenters. The molecule has 0 aliphatic rings. The number of carbonyl (C=O) groups excluding carboxylic acids is 3. The van der Waals surface area contributed by atoms with Gasteiger partial charge in [-0.3, -0.25) is 19.3 Å². The Hall–Kier alpha value is -1.39. The number of nitrogens with one attached hydrogen (secondary N) is 1. The normalized spacial score (nSPS) is 11.7. The number of rotatable bonds is 3. The van der Waals surface area contributed by atoms with Crippen LogP contribution in [0.3, 0.4) is 0 Å². The summed E-state index contributed by atoms with van der Waals surface area (Å²) in [4.78, 5) is 33.8. The largest absolute Gasteiger partial charge is 0.352 e. The van der Waals surface area contributed by atoms with Crippen LogP contribution in [0.1, 0.15) is 27.7 Å². The second-order valence-corrected chi connectivity index (χ2v) is 3.25. The monoisotopic (exact) mass is 200 g/mol. The summed E-state index contributed by atoms with van der Waals surface area (Å²) in [5.74, 6) is -0.797. The Balaban J connectivity index is 4.23. The van der Waals surface area contributed by atoms with Crippen LogP contribution in [-0.2, 0) is 14.4 Å². The van der Waals surface area contributed by atoms with Gasteiger partial charge in [-0.1, -0.05) is 0 Å². The molecule has 5 heteroatoms. The lowest BCUT2D eigenvalue weighted by Crippen LogP contribution is -2.44. The number of imide groups is 1. The zero-order valence-electron chi connectivity index (χ0n) is 8.96. The van der Waals surface area contributed by atoms with Crippen LogP contribution in [0.15, 0.2) is 0 Å². The van der Waals surface area contributed by atoms with Crippen LogP contribution in [0.4, 0.5) is 0 Å². The van der Waals surface area contributed by atoms with E-state index in [1.54, 1.807) is 6.92 Å². The van der Waals surface area contributed by atoms with Crippen molar-refractivity contribution >= 4 is 17.7 Å². The van der Waals surface area contributed by atoms with Crippen molar-refractivity contribution in [2.75, 3.05) is 6.54 Å². The van der Waals surface area contributed by atoms with Crippen molar-refractivity contribution in [2.24, 2.45) is 0 Å². The van der Waals surface area contributed by atoms with Gasteiger partial charge in [0.15, 0.2) is 0 Å². The van der Waals surface area contributed by atoms with E-state index in [1.807, 2.05) is 0 Å². The molecular formula is C9H16N2O3. The number of amides is 3. The molecule has 0 radical (unpaired) electrons. The maximum Gasteiger partial charge on any atom is 0.226 e. The summed E-state index contributed by atoms with van der Waals surface area (Å²) >= 11 is 0. The van der Waals surface area contributed by atoms with Crippen molar-refractivity contribution in [1.82, 2.24) is 10.2 Å². The van der Waals surface area contributed by atoms with E-state index in [1.165, 1.54) is 20.8 Å². The molecule has 0 aromatic heterocycles. The minimum Gasteiger partial charge on any atom is -0.352 e. The van der Waals surface area contributed by atoms with Crippen LogP contribution in [-0.4, -0.2) is 35.2 Å². The van der Waals surface area contributed by atoms with Crippen molar-refractivity contribution in [2.45, 2.75) is 33.7 Å². The molecule has 0 aliphatic carbocycles. The summed E-state index contributed by atoms with van der Waals surface area (Å²) in [6.07, 6.45) is 0. The molecule has 0 spiro atoms. The van der Waals surface area contributed by atoms with Gasteiger partial charge >= 0.3 is 0 Å². The van der Waals surface area contributed by atoms with Crippen LogP contribution in [0.2, 0.25) is 0 Å². The lowest BCUT2D eigenvalue weighted by Gasteiger charge is -2.21. The lowest BCUT2D eigenvalue weighted by atomic mass is 10.3. The first-order chi connectivity index (χ1) is 6.34. The highest BCUT2D eigenvalue weighted by molar-refractivity contribution is 5.92.